The zero-order valence-corrected chi connectivity index (χ0v) is 11.9. The Bertz CT molecular complexity index is 446. The van der Waals surface area contributed by atoms with E-state index in [0.29, 0.717) is 22.5 Å². The van der Waals surface area contributed by atoms with Crippen LogP contribution in [0, 0.1) is 5.92 Å². The van der Waals surface area contributed by atoms with Gasteiger partial charge >= 0.3 is 0 Å². The van der Waals surface area contributed by atoms with Gasteiger partial charge in [-0.05, 0) is 25.0 Å². The molecule has 0 aliphatic rings. The first kappa shape index (κ1) is 14.6. The average Bonchev–Trinajstić information content (AvgIpc) is 2.35. The van der Waals surface area contributed by atoms with Crippen LogP contribution in [0.15, 0.2) is 23.4 Å². The summed E-state index contributed by atoms with van der Waals surface area (Å²) in [5.41, 5.74) is 7.13. The van der Waals surface area contributed by atoms with E-state index in [1.807, 2.05) is 19.2 Å². The second-order valence-electron chi connectivity index (χ2n) is 4.71. The molecule has 0 heterocycles. The molecule has 3 N–H and O–H groups in total. The summed E-state index contributed by atoms with van der Waals surface area (Å²) in [6.07, 6.45) is 0. The molecular weight excluding hydrogens is 250 g/mol. The fraction of sp³-hybridized carbons (Fsp3) is 0.462. The number of benzene rings is 1. The molecule has 0 radical (unpaired) electrons. The van der Waals surface area contributed by atoms with Crippen LogP contribution in [-0.4, -0.2) is 24.1 Å². The zero-order valence-electron chi connectivity index (χ0n) is 11.2. The van der Waals surface area contributed by atoms with Gasteiger partial charge < -0.3 is 15.8 Å². The molecule has 1 unspecified atom stereocenters. The number of nitrogens with zero attached hydrogens (tertiary/aromatic N) is 2. The summed E-state index contributed by atoms with van der Waals surface area (Å²) in [5.74, 6) is 0.507. The minimum atomic E-state index is 0.0263. The van der Waals surface area contributed by atoms with Crippen LogP contribution in [0.2, 0.25) is 5.02 Å². The Morgan fingerprint density at radius 1 is 1.39 bits per heavy atom. The van der Waals surface area contributed by atoms with Crippen molar-refractivity contribution in [1.82, 2.24) is 0 Å². The van der Waals surface area contributed by atoms with Gasteiger partial charge in [0.15, 0.2) is 5.84 Å². The molecule has 1 aromatic carbocycles. The lowest BCUT2D eigenvalue weighted by molar-refractivity contribution is 0.318. The standard InChI is InChI=1S/C13H20ClN3O/c1-8(2)9(3)17(4)11-7-5-6-10(14)12(11)13(15)16-18/h5-9,18H,1-4H3,(H2,15,16). The number of nitrogens with two attached hydrogens (primary N) is 1. The van der Waals surface area contributed by atoms with Gasteiger partial charge in [-0.25, -0.2) is 0 Å². The lowest BCUT2D eigenvalue weighted by Gasteiger charge is -2.31. The fourth-order valence-electron chi connectivity index (χ4n) is 1.78. The first-order chi connectivity index (χ1) is 8.40. The molecule has 0 amide bonds. The van der Waals surface area contributed by atoms with Crippen molar-refractivity contribution in [1.29, 1.82) is 0 Å². The second-order valence-corrected chi connectivity index (χ2v) is 5.12. The number of hydrogen-bond acceptors (Lipinski definition) is 3. The predicted octanol–water partition coefficient (Wildman–Crippen LogP) is 2.92. The topological polar surface area (TPSA) is 61.8 Å². The van der Waals surface area contributed by atoms with Crippen LogP contribution < -0.4 is 10.6 Å². The Balaban J connectivity index is 3.28. The monoisotopic (exact) mass is 269 g/mol. The van der Waals surface area contributed by atoms with Crippen LogP contribution in [0.1, 0.15) is 26.3 Å². The van der Waals surface area contributed by atoms with E-state index in [-0.39, 0.29) is 5.84 Å². The van der Waals surface area contributed by atoms with Gasteiger partial charge in [0.2, 0.25) is 0 Å². The normalized spacial score (nSPS) is 13.8. The van der Waals surface area contributed by atoms with Gasteiger partial charge in [0.05, 0.1) is 10.6 Å². The summed E-state index contributed by atoms with van der Waals surface area (Å²) in [5, 5.41) is 12.4. The number of oxime groups is 1. The van der Waals surface area contributed by atoms with Gasteiger partial charge in [0.25, 0.3) is 0 Å². The van der Waals surface area contributed by atoms with Crippen molar-refractivity contribution >= 4 is 23.1 Å². The number of rotatable bonds is 4. The molecule has 0 saturated heterocycles. The highest BCUT2D eigenvalue weighted by Crippen LogP contribution is 2.29. The highest BCUT2D eigenvalue weighted by atomic mass is 35.5. The van der Waals surface area contributed by atoms with E-state index < -0.39 is 0 Å². The summed E-state index contributed by atoms with van der Waals surface area (Å²) in [7, 11) is 1.98. The molecule has 1 aromatic rings. The molecule has 0 fully saturated rings. The Hall–Kier alpha value is -1.42. The molecule has 1 rings (SSSR count). The van der Waals surface area contributed by atoms with Crippen molar-refractivity contribution in [2.45, 2.75) is 26.8 Å². The molecule has 0 aromatic heterocycles. The first-order valence-electron chi connectivity index (χ1n) is 5.89. The van der Waals surface area contributed by atoms with Crippen LogP contribution in [0.3, 0.4) is 0 Å². The molecule has 100 valence electrons. The average molecular weight is 270 g/mol. The third-order valence-electron chi connectivity index (χ3n) is 3.31. The van der Waals surface area contributed by atoms with Crippen molar-refractivity contribution in [2.24, 2.45) is 16.8 Å². The van der Waals surface area contributed by atoms with Gasteiger partial charge in [0, 0.05) is 18.8 Å². The third-order valence-corrected chi connectivity index (χ3v) is 3.63. The van der Waals surface area contributed by atoms with Crippen molar-refractivity contribution in [3.8, 4) is 0 Å². The van der Waals surface area contributed by atoms with Gasteiger partial charge in [-0.2, -0.15) is 0 Å². The molecule has 5 heteroatoms. The summed E-state index contributed by atoms with van der Waals surface area (Å²) in [6, 6.07) is 5.81. The molecule has 4 nitrogen and oxygen atoms in total. The SMILES string of the molecule is CC(C)C(C)N(C)c1cccc(Cl)c1C(N)=NO. The van der Waals surface area contributed by atoms with Gasteiger partial charge in [-0.15, -0.1) is 0 Å². The maximum Gasteiger partial charge on any atom is 0.173 e. The van der Waals surface area contributed by atoms with E-state index in [1.165, 1.54) is 0 Å². The Kier molecular flexibility index (Phi) is 4.84. The number of hydrogen-bond donors (Lipinski definition) is 2. The molecule has 18 heavy (non-hydrogen) atoms. The lowest BCUT2D eigenvalue weighted by Crippen LogP contribution is -2.34. The molecule has 1 atom stereocenters. The first-order valence-corrected chi connectivity index (χ1v) is 6.27. The van der Waals surface area contributed by atoms with E-state index in [2.05, 4.69) is 30.8 Å². The largest absolute Gasteiger partial charge is 0.409 e. The highest BCUT2D eigenvalue weighted by molar-refractivity contribution is 6.34. The molecular formula is C13H20ClN3O. The Labute approximate surface area is 113 Å². The van der Waals surface area contributed by atoms with E-state index in [1.54, 1.807) is 6.07 Å². The van der Waals surface area contributed by atoms with E-state index in [9.17, 15) is 0 Å². The Morgan fingerprint density at radius 2 is 2.00 bits per heavy atom. The summed E-state index contributed by atoms with van der Waals surface area (Å²) in [4.78, 5) is 2.09. The molecule has 0 bridgehead atoms. The van der Waals surface area contributed by atoms with Crippen LogP contribution >= 0.6 is 11.6 Å². The fourth-order valence-corrected chi connectivity index (χ4v) is 2.04. The van der Waals surface area contributed by atoms with Crippen molar-refractivity contribution in [2.75, 3.05) is 11.9 Å². The minimum absolute atomic E-state index is 0.0263. The van der Waals surface area contributed by atoms with Crippen molar-refractivity contribution in [3.05, 3.63) is 28.8 Å². The number of amidine groups is 1. The molecule has 0 spiro atoms. The van der Waals surface area contributed by atoms with Crippen molar-refractivity contribution < 1.29 is 5.21 Å². The smallest absolute Gasteiger partial charge is 0.173 e. The van der Waals surface area contributed by atoms with Crippen molar-refractivity contribution in [3.63, 3.8) is 0 Å². The number of halogens is 1. The summed E-state index contributed by atoms with van der Waals surface area (Å²) >= 11 is 6.13. The highest BCUT2D eigenvalue weighted by Gasteiger charge is 2.19. The van der Waals surface area contributed by atoms with Gasteiger partial charge in [-0.3, -0.25) is 0 Å². The number of anilines is 1. The maximum absolute atomic E-state index is 8.85. The quantitative estimate of drug-likeness (QED) is 0.382. The van der Waals surface area contributed by atoms with E-state index in [0.717, 1.165) is 5.69 Å². The predicted molar refractivity (Wildman–Crippen MR) is 76.7 cm³/mol. The van der Waals surface area contributed by atoms with E-state index >= 15 is 0 Å². The minimum Gasteiger partial charge on any atom is -0.409 e. The molecule has 0 saturated carbocycles. The maximum atomic E-state index is 8.85. The Morgan fingerprint density at radius 3 is 2.50 bits per heavy atom. The lowest BCUT2D eigenvalue weighted by atomic mass is 10.0. The van der Waals surface area contributed by atoms with Crippen LogP contribution in [0.25, 0.3) is 0 Å². The third kappa shape index (κ3) is 2.88. The van der Waals surface area contributed by atoms with Gasteiger partial charge in [-0.1, -0.05) is 36.7 Å². The van der Waals surface area contributed by atoms with Gasteiger partial charge in [0.1, 0.15) is 0 Å². The second kappa shape index (κ2) is 5.96. The summed E-state index contributed by atoms with van der Waals surface area (Å²) < 4.78 is 0. The van der Waals surface area contributed by atoms with Crippen LogP contribution in [-0.2, 0) is 0 Å². The molecule has 0 aliphatic heterocycles. The summed E-state index contributed by atoms with van der Waals surface area (Å²) in [6.45, 7) is 6.42. The zero-order chi connectivity index (χ0) is 13.9. The van der Waals surface area contributed by atoms with Crippen LogP contribution in [0.4, 0.5) is 5.69 Å². The molecule has 0 aliphatic carbocycles. The van der Waals surface area contributed by atoms with E-state index in [4.69, 9.17) is 22.5 Å². The van der Waals surface area contributed by atoms with Crippen LogP contribution in [0.5, 0.6) is 0 Å².